The number of ether oxygens (including phenoxy) is 4. The molecule has 1 unspecified atom stereocenters. The van der Waals surface area contributed by atoms with Crippen molar-refractivity contribution in [2.45, 2.75) is 122 Å². The van der Waals surface area contributed by atoms with E-state index in [1.165, 1.54) is 38.5 Å². The van der Waals surface area contributed by atoms with Crippen LogP contribution < -0.4 is 14.2 Å². The molecule has 0 bridgehead atoms. The van der Waals surface area contributed by atoms with E-state index in [0.717, 1.165) is 80.8 Å². The van der Waals surface area contributed by atoms with E-state index in [2.05, 4.69) is 13.5 Å². The predicted molar refractivity (Wildman–Crippen MR) is 147 cm³/mol. The maximum Gasteiger partial charge on any atom is 0.586 e. The monoisotopic (exact) mass is 548 g/mol. The second kappa shape index (κ2) is 13.8. The van der Waals surface area contributed by atoms with Crippen LogP contribution in [-0.4, -0.2) is 25.0 Å². The third-order valence-electron chi connectivity index (χ3n) is 9.01. The number of hydrogen-bond donors (Lipinski definition) is 0. The molecule has 2 saturated carbocycles. The molecule has 4 rings (SSSR count). The van der Waals surface area contributed by atoms with Crippen LogP contribution in [0.4, 0.5) is 8.78 Å². The van der Waals surface area contributed by atoms with Gasteiger partial charge in [0.2, 0.25) is 5.75 Å². The minimum Gasteiger partial charge on any atom is -0.490 e. The Balaban J connectivity index is 1.27. The van der Waals surface area contributed by atoms with Crippen molar-refractivity contribution in [3.63, 3.8) is 0 Å². The molecule has 39 heavy (non-hydrogen) atoms. The third-order valence-corrected chi connectivity index (χ3v) is 9.01. The highest BCUT2D eigenvalue weighted by Gasteiger charge is 2.47. The van der Waals surface area contributed by atoms with E-state index in [0.29, 0.717) is 12.4 Å². The molecule has 0 aromatic heterocycles. The fourth-order valence-electron chi connectivity index (χ4n) is 6.91. The fraction of sp³-hybridized carbons (Fsp3) is 0.719. The van der Waals surface area contributed by atoms with E-state index >= 15 is 0 Å². The van der Waals surface area contributed by atoms with Gasteiger partial charge in [0.25, 0.3) is 0 Å². The van der Waals surface area contributed by atoms with E-state index in [9.17, 15) is 13.6 Å². The molecule has 0 radical (unpaired) electrons. The third kappa shape index (κ3) is 8.11. The van der Waals surface area contributed by atoms with E-state index in [-0.39, 0.29) is 23.5 Å². The molecular formula is C32H46F2O5. The summed E-state index contributed by atoms with van der Waals surface area (Å²) in [7, 11) is 0. The summed E-state index contributed by atoms with van der Waals surface area (Å²) < 4.78 is 49.4. The second-order valence-corrected chi connectivity index (χ2v) is 11.8. The lowest BCUT2D eigenvalue weighted by atomic mass is 9.68. The Labute approximate surface area is 232 Å². The predicted octanol–water partition coefficient (Wildman–Crippen LogP) is 8.95. The Morgan fingerprint density at radius 1 is 1.03 bits per heavy atom. The van der Waals surface area contributed by atoms with Crippen LogP contribution in [0.2, 0.25) is 0 Å². The van der Waals surface area contributed by atoms with Gasteiger partial charge in [0.15, 0.2) is 11.5 Å². The maximum absolute atomic E-state index is 14.2. The number of carbonyl (C=O) groups excluding carboxylic acids is 1. The molecule has 0 spiro atoms. The van der Waals surface area contributed by atoms with Crippen molar-refractivity contribution < 1.29 is 32.5 Å². The van der Waals surface area contributed by atoms with Crippen LogP contribution in [0, 0.1) is 17.8 Å². The minimum atomic E-state index is -3.68. The zero-order chi connectivity index (χ0) is 27.8. The van der Waals surface area contributed by atoms with E-state index in [1.54, 1.807) is 6.07 Å². The van der Waals surface area contributed by atoms with Gasteiger partial charge in [0.05, 0.1) is 12.7 Å². The summed E-state index contributed by atoms with van der Waals surface area (Å²) >= 11 is 0. The summed E-state index contributed by atoms with van der Waals surface area (Å²) in [5.41, 5.74) is 0.822. The summed E-state index contributed by atoms with van der Waals surface area (Å²) in [6, 6.07) is 3.66. The first-order valence-electron chi connectivity index (χ1n) is 15.2. The van der Waals surface area contributed by atoms with Gasteiger partial charge >= 0.3 is 12.3 Å². The number of alkyl halides is 2. The molecule has 1 aromatic carbocycles. The average molecular weight is 549 g/mol. The number of rotatable bonds is 13. The lowest BCUT2D eigenvalue weighted by molar-refractivity contribution is -0.287. The highest BCUT2D eigenvalue weighted by Crippen LogP contribution is 2.54. The number of esters is 1. The molecule has 0 amide bonds. The lowest BCUT2D eigenvalue weighted by Gasteiger charge is -2.38. The highest BCUT2D eigenvalue weighted by molar-refractivity contribution is 5.81. The first-order chi connectivity index (χ1) is 18.8. The zero-order valence-electron chi connectivity index (χ0n) is 23.7. The Morgan fingerprint density at radius 2 is 1.69 bits per heavy atom. The molecule has 1 atom stereocenters. The molecule has 1 aliphatic heterocycles. The van der Waals surface area contributed by atoms with Crippen molar-refractivity contribution in [2.75, 3.05) is 6.61 Å². The average Bonchev–Trinajstić information content (AvgIpc) is 3.26. The summed E-state index contributed by atoms with van der Waals surface area (Å²) in [5, 5.41) is 0. The van der Waals surface area contributed by atoms with Gasteiger partial charge in [0.1, 0.15) is 0 Å². The van der Waals surface area contributed by atoms with Gasteiger partial charge in [-0.05, 0) is 101 Å². The SMILES string of the molecule is C=CC(=O)OC(C)CCCCCOc1ccc(C2CCC(C3CCC(CCC)CC3)CC2)c2c1OC(F)(F)O2. The van der Waals surface area contributed by atoms with Crippen molar-refractivity contribution in [3.8, 4) is 17.2 Å². The van der Waals surface area contributed by atoms with E-state index in [4.69, 9.17) is 18.9 Å². The molecule has 2 fully saturated rings. The highest BCUT2D eigenvalue weighted by atomic mass is 19.3. The smallest absolute Gasteiger partial charge is 0.490 e. The Bertz CT molecular complexity index is 948. The summed E-state index contributed by atoms with van der Waals surface area (Å²) in [4.78, 5) is 11.3. The molecule has 0 N–H and O–H groups in total. The molecule has 218 valence electrons. The van der Waals surface area contributed by atoms with Gasteiger partial charge in [-0.25, -0.2) is 4.79 Å². The van der Waals surface area contributed by atoms with E-state index in [1.807, 2.05) is 13.0 Å². The maximum atomic E-state index is 14.2. The van der Waals surface area contributed by atoms with Crippen molar-refractivity contribution >= 4 is 5.97 Å². The first kappa shape index (κ1) is 29.7. The summed E-state index contributed by atoms with van der Waals surface area (Å²) in [5.74, 6) is 2.77. The summed E-state index contributed by atoms with van der Waals surface area (Å²) in [6.45, 7) is 7.92. The first-order valence-corrected chi connectivity index (χ1v) is 15.2. The minimum absolute atomic E-state index is 0.0267. The quantitative estimate of drug-likeness (QED) is 0.140. The van der Waals surface area contributed by atoms with Crippen molar-refractivity contribution in [1.29, 1.82) is 0 Å². The van der Waals surface area contributed by atoms with Gasteiger partial charge in [-0.3, -0.25) is 0 Å². The Kier molecular flexibility index (Phi) is 10.5. The van der Waals surface area contributed by atoms with Crippen LogP contribution in [0.1, 0.15) is 115 Å². The van der Waals surface area contributed by atoms with Crippen LogP contribution in [0.5, 0.6) is 17.2 Å². The van der Waals surface area contributed by atoms with Crippen LogP contribution in [0.25, 0.3) is 0 Å². The Morgan fingerprint density at radius 3 is 2.36 bits per heavy atom. The standard InChI is InChI=1S/C32H46F2O5/c1-4-9-23-11-13-24(14-12-23)25-15-17-26(18-16-25)27-19-20-28(31-30(27)38-32(33,34)39-31)36-21-8-6-7-10-22(3)37-29(35)5-2/h5,19-20,22-26H,2,4,6-18,21H2,1,3H3. The molecule has 7 heteroatoms. The molecule has 0 saturated heterocycles. The van der Waals surface area contributed by atoms with Gasteiger partial charge in [-0.1, -0.05) is 45.3 Å². The van der Waals surface area contributed by atoms with Crippen LogP contribution >= 0.6 is 0 Å². The Hall–Kier alpha value is -2.31. The lowest BCUT2D eigenvalue weighted by Crippen LogP contribution is -2.27. The van der Waals surface area contributed by atoms with Gasteiger partial charge in [-0.15, -0.1) is 8.78 Å². The van der Waals surface area contributed by atoms with Crippen molar-refractivity contribution in [1.82, 2.24) is 0 Å². The number of unbranched alkanes of at least 4 members (excludes halogenated alkanes) is 2. The number of benzene rings is 1. The van der Waals surface area contributed by atoms with Crippen molar-refractivity contribution in [2.24, 2.45) is 17.8 Å². The van der Waals surface area contributed by atoms with Crippen LogP contribution in [0.3, 0.4) is 0 Å². The number of carbonyl (C=O) groups is 1. The van der Waals surface area contributed by atoms with Crippen LogP contribution in [-0.2, 0) is 9.53 Å². The second-order valence-electron chi connectivity index (χ2n) is 11.8. The normalized spacial score (nSPS) is 26.6. The summed E-state index contributed by atoms with van der Waals surface area (Å²) in [6.07, 6.45) is 13.0. The fourth-order valence-corrected chi connectivity index (χ4v) is 6.91. The molecule has 1 aromatic rings. The number of fused-ring (bicyclic) bond motifs is 1. The van der Waals surface area contributed by atoms with Crippen molar-refractivity contribution in [3.05, 3.63) is 30.4 Å². The van der Waals surface area contributed by atoms with E-state index < -0.39 is 12.3 Å². The molecule has 3 aliphatic rings. The van der Waals surface area contributed by atoms with Crippen LogP contribution in [0.15, 0.2) is 24.8 Å². The molecule has 5 nitrogen and oxygen atoms in total. The molecule has 2 aliphatic carbocycles. The molecular weight excluding hydrogens is 502 g/mol. The van der Waals surface area contributed by atoms with Gasteiger partial charge in [0, 0.05) is 11.6 Å². The van der Waals surface area contributed by atoms with Gasteiger partial charge in [-0.2, -0.15) is 0 Å². The number of hydrogen-bond acceptors (Lipinski definition) is 5. The largest absolute Gasteiger partial charge is 0.586 e. The van der Waals surface area contributed by atoms with Gasteiger partial charge < -0.3 is 18.9 Å². The molecule has 1 heterocycles. The number of halogens is 2. The topological polar surface area (TPSA) is 54.0 Å². The zero-order valence-corrected chi connectivity index (χ0v) is 23.7.